The number of aromatic nitrogens is 2. The molecular formula is C13H22N4O3. The Labute approximate surface area is 119 Å². The number of carbonyl (C=O) groups is 1. The lowest BCUT2D eigenvalue weighted by Crippen LogP contribution is -2.33. The molecule has 1 rings (SSSR count). The number of ether oxygens (including phenoxy) is 2. The number of nitrogens with one attached hydrogen (secondary N) is 2. The van der Waals surface area contributed by atoms with Gasteiger partial charge in [-0.1, -0.05) is 0 Å². The average Bonchev–Trinajstić information content (AvgIpc) is 2.36. The summed E-state index contributed by atoms with van der Waals surface area (Å²) in [7, 11) is 1.55. The second kappa shape index (κ2) is 7.52. The minimum atomic E-state index is -0.472. The lowest BCUT2D eigenvalue weighted by atomic mass is 10.2. The zero-order valence-electron chi connectivity index (χ0n) is 12.4. The first-order valence-corrected chi connectivity index (χ1v) is 6.47. The molecule has 0 atom stereocenters. The third-order valence-corrected chi connectivity index (χ3v) is 2.18. The van der Waals surface area contributed by atoms with Crippen LogP contribution in [0.25, 0.3) is 0 Å². The van der Waals surface area contributed by atoms with Crippen LogP contribution in [0.1, 0.15) is 27.2 Å². The topological polar surface area (TPSA) is 85.4 Å². The van der Waals surface area contributed by atoms with E-state index < -0.39 is 11.7 Å². The fourth-order valence-electron chi connectivity index (χ4n) is 1.36. The van der Waals surface area contributed by atoms with Crippen LogP contribution in [0.2, 0.25) is 0 Å². The number of alkyl carbamates (subject to hydrolysis) is 1. The van der Waals surface area contributed by atoms with E-state index in [1.54, 1.807) is 13.2 Å². The summed E-state index contributed by atoms with van der Waals surface area (Å²) in [6.07, 6.45) is 1.78. The van der Waals surface area contributed by atoms with Gasteiger partial charge >= 0.3 is 6.09 Å². The van der Waals surface area contributed by atoms with E-state index in [-0.39, 0.29) is 0 Å². The van der Waals surface area contributed by atoms with Gasteiger partial charge in [0, 0.05) is 19.2 Å². The number of anilines is 1. The molecule has 0 spiro atoms. The molecule has 0 aliphatic carbocycles. The molecule has 112 valence electrons. The van der Waals surface area contributed by atoms with Crippen molar-refractivity contribution >= 4 is 11.9 Å². The monoisotopic (exact) mass is 282 g/mol. The van der Waals surface area contributed by atoms with Gasteiger partial charge in [-0.3, -0.25) is 0 Å². The Balaban J connectivity index is 2.17. The normalized spacial score (nSPS) is 10.8. The fourth-order valence-corrected chi connectivity index (χ4v) is 1.36. The maximum Gasteiger partial charge on any atom is 0.407 e. The van der Waals surface area contributed by atoms with Gasteiger partial charge in [0.2, 0.25) is 5.88 Å². The van der Waals surface area contributed by atoms with Crippen molar-refractivity contribution in [3.05, 3.63) is 12.4 Å². The lowest BCUT2D eigenvalue weighted by molar-refractivity contribution is 0.0528. The molecule has 0 aliphatic heterocycles. The quantitative estimate of drug-likeness (QED) is 0.774. The van der Waals surface area contributed by atoms with Crippen LogP contribution in [-0.2, 0) is 4.74 Å². The molecule has 0 aliphatic rings. The number of rotatable bonds is 6. The van der Waals surface area contributed by atoms with E-state index in [1.807, 2.05) is 20.8 Å². The number of hydrogen-bond acceptors (Lipinski definition) is 6. The Kier molecular flexibility index (Phi) is 6.02. The lowest BCUT2D eigenvalue weighted by Gasteiger charge is -2.19. The maximum absolute atomic E-state index is 11.4. The summed E-state index contributed by atoms with van der Waals surface area (Å²) in [5.41, 5.74) is -0.472. The van der Waals surface area contributed by atoms with Gasteiger partial charge in [-0.25, -0.2) is 14.8 Å². The molecule has 1 aromatic rings. The van der Waals surface area contributed by atoms with Crippen molar-refractivity contribution in [1.29, 1.82) is 0 Å². The summed E-state index contributed by atoms with van der Waals surface area (Å²) >= 11 is 0. The summed E-state index contributed by atoms with van der Waals surface area (Å²) in [4.78, 5) is 19.4. The van der Waals surface area contributed by atoms with Gasteiger partial charge in [0.15, 0.2) is 0 Å². The Bertz CT molecular complexity index is 432. The maximum atomic E-state index is 11.4. The first kappa shape index (κ1) is 16.0. The highest BCUT2D eigenvalue weighted by Gasteiger charge is 2.15. The first-order valence-electron chi connectivity index (χ1n) is 6.47. The van der Waals surface area contributed by atoms with Crippen molar-refractivity contribution in [2.75, 3.05) is 25.5 Å². The summed E-state index contributed by atoms with van der Waals surface area (Å²) in [5, 5.41) is 5.81. The smallest absolute Gasteiger partial charge is 0.407 e. The molecule has 1 amide bonds. The second-order valence-corrected chi connectivity index (χ2v) is 5.15. The van der Waals surface area contributed by atoms with E-state index in [1.165, 1.54) is 6.33 Å². The fraction of sp³-hybridized carbons (Fsp3) is 0.615. The summed E-state index contributed by atoms with van der Waals surface area (Å²) in [6.45, 7) is 6.70. The van der Waals surface area contributed by atoms with Crippen LogP contribution < -0.4 is 15.4 Å². The van der Waals surface area contributed by atoms with Crippen LogP contribution in [0, 0.1) is 0 Å². The van der Waals surface area contributed by atoms with Gasteiger partial charge in [-0.2, -0.15) is 0 Å². The van der Waals surface area contributed by atoms with Crippen molar-refractivity contribution in [2.45, 2.75) is 32.8 Å². The number of methoxy groups -OCH3 is 1. The van der Waals surface area contributed by atoms with Crippen LogP contribution >= 0.6 is 0 Å². The van der Waals surface area contributed by atoms with E-state index in [0.717, 1.165) is 6.42 Å². The minimum Gasteiger partial charge on any atom is -0.481 e. The molecule has 0 saturated carbocycles. The zero-order valence-corrected chi connectivity index (χ0v) is 12.4. The average molecular weight is 282 g/mol. The molecular weight excluding hydrogens is 260 g/mol. The minimum absolute atomic E-state index is 0.402. The molecule has 20 heavy (non-hydrogen) atoms. The molecule has 0 unspecified atom stereocenters. The van der Waals surface area contributed by atoms with Crippen LogP contribution in [0.15, 0.2) is 12.4 Å². The van der Waals surface area contributed by atoms with Gasteiger partial charge in [0.05, 0.1) is 7.11 Å². The molecule has 1 heterocycles. The summed E-state index contributed by atoms with van der Waals surface area (Å²) in [5.74, 6) is 1.20. The molecule has 1 aromatic heterocycles. The van der Waals surface area contributed by atoms with E-state index in [2.05, 4.69) is 20.6 Å². The highest BCUT2D eigenvalue weighted by Crippen LogP contribution is 2.09. The number of nitrogens with zero attached hydrogens (tertiary/aromatic N) is 2. The third-order valence-electron chi connectivity index (χ3n) is 2.18. The Morgan fingerprint density at radius 3 is 2.70 bits per heavy atom. The van der Waals surface area contributed by atoms with E-state index in [4.69, 9.17) is 9.47 Å². The summed E-state index contributed by atoms with van der Waals surface area (Å²) in [6, 6.07) is 1.71. The Morgan fingerprint density at radius 2 is 2.05 bits per heavy atom. The molecule has 0 saturated heterocycles. The number of amides is 1. The largest absolute Gasteiger partial charge is 0.481 e. The highest BCUT2D eigenvalue weighted by atomic mass is 16.6. The number of hydrogen-bond donors (Lipinski definition) is 2. The van der Waals surface area contributed by atoms with Crippen LogP contribution in [0.4, 0.5) is 10.6 Å². The van der Waals surface area contributed by atoms with Gasteiger partial charge in [0.1, 0.15) is 17.7 Å². The Morgan fingerprint density at radius 1 is 1.30 bits per heavy atom. The van der Waals surface area contributed by atoms with Gasteiger partial charge in [-0.05, 0) is 27.2 Å². The molecule has 7 heteroatoms. The van der Waals surface area contributed by atoms with E-state index in [9.17, 15) is 4.79 Å². The van der Waals surface area contributed by atoms with Crippen LogP contribution in [0.5, 0.6) is 5.88 Å². The summed E-state index contributed by atoms with van der Waals surface area (Å²) < 4.78 is 10.1. The predicted octanol–water partition coefficient (Wildman–Crippen LogP) is 1.81. The second-order valence-electron chi connectivity index (χ2n) is 5.15. The number of carbonyl (C=O) groups excluding carboxylic acids is 1. The van der Waals surface area contributed by atoms with E-state index in [0.29, 0.717) is 24.8 Å². The molecule has 0 aromatic carbocycles. The molecule has 0 radical (unpaired) electrons. The van der Waals surface area contributed by atoms with Crippen LogP contribution in [-0.4, -0.2) is 41.9 Å². The van der Waals surface area contributed by atoms with Crippen molar-refractivity contribution in [1.82, 2.24) is 15.3 Å². The highest BCUT2D eigenvalue weighted by molar-refractivity contribution is 5.67. The molecule has 0 fully saturated rings. The van der Waals surface area contributed by atoms with Gasteiger partial charge in [0.25, 0.3) is 0 Å². The third kappa shape index (κ3) is 6.77. The standard InChI is InChI=1S/C13H22N4O3/c1-13(2,3)20-12(18)15-7-5-6-14-10-8-11(19-4)17-9-16-10/h8-9H,5-7H2,1-4H3,(H,15,18)(H,14,16,17). The SMILES string of the molecule is COc1cc(NCCCNC(=O)OC(C)(C)C)ncn1. The molecule has 7 nitrogen and oxygen atoms in total. The van der Waals surface area contributed by atoms with Crippen LogP contribution in [0.3, 0.4) is 0 Å². The van der Waals surface area contributed by atoms with Gasteiger partial charge in [-0.15, -0.1) is 0 Å². The van der Waals surface area contributed by atoms with Crippen molar-refractivity contribution in [3.8, 4) is 5.88 Å². The Hall–Kier alpha value is -2.05. The zero-order chi connectivity index (χ0) is 15.0. The van der Waals surface area contributed by atoms with Gasteiger partial charge < -0.3 is 20.1 Å². The van der Waals surface area contributed by atoms with Crippen molar-refractivity contribution < 1.29 is 14.3 Å². The van der Waals surface area contributed by atoms with Crippen molar-refractivity contribution in [2.24, 2.45) is 0 Å². The van der Waals surface area contributed by atoms with Crippen molar-refractivity contribution in [3.63, 3.8) is 0 Å². The first-order chi connectivity index (χ1) is 9.40. The molecule has 0 bridgehead atoms. The molecule has 2 N–H and O–H groups in total. The van der Waals surface area contributed by atoms with E-state index >= 15 is 0 Å². The predicted molar refractivity (Wildman–Crippen MR) is 75.9 cm³/mol.